The molecule has 0 saturated carbocycles. The Hall–Kier alpha value is -2.43. The van der Waals surface area contributed by atoms with Crippen molar-refractivity contribution in [2.45, 2.75) is 6.92 Å². The minimum absolute atomic E-state index is 0.515. The Morgan fingerprint density at radius 2 is 2.24 bits per heavy atom. The molecule has 17 heavy (non-hydrogen) atoms. The molecule has 0 aliphatic carbocycles. The van der Waals surface area contributed by atoms with Gasteiger partial charge in [0.1, 0.15) is 12.0 Å². The van der Waals surface area contributed by atoms with Gasteiger partial charge in [0.05, 0.1) is 0 Å². The second-order valence-electron chi connectivity index (χ2n) is 3.73. The SMILES string of the molecule is Cc1ccc(-c2nc3cc(C=O)ccn3n2)o1. The largest absolute Gasteiger partial charge is 0.458 e. The summed E-state index contributed by atoms with van der Waals surface area (Å²) in [5.74, 6) is 1.95. The molecule has 0 radical (unpaired) electrons. The van der Waals surface area contributed by atoms with Crippen LogP contribution in [0.2, 0.25) is 0 Å². The van der Waals surface area contributed by atoms with Crippen molar-refractivity contribution in [3.05, 3.63) is 41.8 Å². The van der Waals surface area contributed by atoms with Gasteiger partial charge in [-0.15, -0.1) is 5.10 Å². The van der Waals surface area contributed by atoms with Crippen LogP contribution in [-0.2, 0) is 0 Å². The fourth-order valence-electron chi connectivity index (χ4n) is 1.63. The molecule has 0 saturated heterocycles. The van der Waals surface area contributed by atoms with E-state index >= 15 is 0 Å². The molecule has 0 aromatic carbocycles. The standard InChI is InChI=1S/C12H9N3O2/c1-8-2-3-10(17-8)12-13-11-6-9(7-16)4-5-15(11)14-12/h2-7H,1H3. The molecule has 0 aliphatic rings. The maximum absolute atomic E-state index is 10.7. The van der Waals surface area contributed by atoms with Gasteiger partial charge in [-0.1, -0.05) is 0 Å². The van der Waals surface area contributed by atoms with Crippen LogP contribution in [0, 0.1) is 6.92 Å². The highest BCUT2D eigenvalue weighted by Gasteiger charge is 2.09. The average molecular weight is 227 g/mol. The van der Waals surface area contributed by atoms with Crippen LogP contribution in [0.4, 0.5) is 0 Å². The number of aryl methyl sites for hydroxylation is 1. The van der Waals surface area contributed by atoms with E-state index in [1.165, 1.54) is 0 Å². The molecule has 84 valence electrons. The lowest BCUT2D eigenvalue weighted by molar-refractivity contribution is 0.112. The number of carbonyl (C=O) groups excluding carboxylic acids is 1. The second kappa shape index (κ2) is 3.55. The number of hydrogen-bond acceptors (Lipinski definition) is 4. The molecular formula is C12H9N3O2. The lowest BCUT2D eigenvalue weighted by Gasteiger charge is -1.90. The molecule has 3 aromatic rings. The first kappa shape index (κ1) is 9.77. The van der Waals surface area contributed by atoms with Gasteiger partial charge in [-0.25, -0.2) is 9.50 Å². The molecule has 0 unspecified atom stereocenters. The van der Waals surface area contributed by atoms with Gasteiger partial charge >= 0.3 is 0 Å². The Balaban J connectivity index is 2.16. The first-order valence-electron chi connectivity index (χ1n) is 5.15. The molecule has 3 rings (SSSR count). The van der Waals surface area contributed by atoms with E-state index in [0.717, 1.165) is 12.0 Å². The Labute approximate surface area is 96.7 Å². The van der Waals surface area contributed by atoms with Crippen LogP contribution in [0.3, 0.4) is 0 Å². The normalized spacial score (nSPS) is 10.9. The molecule has 5 heteroatoms. The van der Waals surface area contributed by atoms with Gasteiger partial charge in [0.15, 0.2) is 11.4 Å². The number of carbonyl (C=O) groups is 1. The fraction of sp³-hybridized carbons (Fsp3) is 0.0833. The van der Waals surface area contributed by atoms with Crippen molar-refractivity contribution in [2.24, 2.45) is 0 Å². The van der Waals surface area contributed by atoms with E-state index in [-0.39, 0.29) is 0 Å². The minimum Gasteiger partial charge on any atom is -0.458 e. The summed E-state index contributed by atoms with van der Waals surface area (Å²) in [7, 11) is 0. The lowest BCUT2D eigenvalue weighted by Crippen LogP contribution is -1.88. The summed E-state index contributed by atoms with van der Waals surface area (Å²) in [5.41, 5.74) is 1.20. The minimum atomic E-state index is 0.515. The van der Waals surface area contributed by atoms with Gasteiger partial charge in [0.2, 0.25) is 5.82 Å². The van der Waals surface area contributed by atoms with E-state index < -0.39 is 0 Å². The second-order valence-corrected chi connectivity index (χ2v) is 3.73. The van der Waals surface area contributed by atoms with Crippen molar-refractivity contribution in [3.63, 3.8) is 0 Å². The number of nitrogens with zero attached hydrogens (tertiary/aromatic N) is 3. The zero-order valence-electron chi connectivity index (χ0n) is 9.12. The van der Waals surface area contributed by atoms with Gasteiger partial charge in [-0.05, 0) is 31.2 Å². The Morgan fingerprint density at radius 1 is 1.35 bits per heavy atom. The number of fused-ring (bicyclic) bond motifs is 1. The molecule has 3 aromatic heterocycles. The fourth-order valence-corrected chi connectivity index (χ4v) is 1.63. The maximum atomic E-state index is 10.7. The predicted octanol–water partition coefficient (Wildman–Crippen LogP) is 2.11. The summed E-state index contributed by atoms with van der Waals surface area (Å²) in [6.45, 7) is 1.86. The Bertz CT molecular complexity index is 697. The molecule has 0 fully saturated rings. The van der Waals surface area contributed by atoms with Crippen LogP contribution < -0.4 is 0 Å². The summed E-state index contributed by atoms with van der Waals surface area (Å²) in [4.78, 5) is 15.0. The molecule has 0 atom stereocenters. The first-order chi connectivity index (χ1) is 8.26. The first-order valence-corrected chi connectivity index (χ1v) is 5.15. The van der Waals surface area contributed by atoms with Crippen molar-refractivity contribution >= 4 is 11.9 Å². The van der Waals surface area contributed by atoms with Crippen molar-refractivity contribution in [1.29, 1.82) is 0 Å². The predicted molar refractivity (Wildman–Crippen MR) is 60.8 cm³/mol. The Kier molecular flexibility index (Phi) is 2.04. The summed E-state index contributed by atoms with van der Waals surface area (Å²) >= 11 is 0. The van der Waals surface area contributed by atoms with Gasteiger partial charge in [0.25, 0.3) is 0 Å². The third-order valence-corrected chi connectivity index (χ3v) is 2.46. The van der Waals surface area contributed by atoms with E-state index in [9.17, 15) is 4.79 Å². The quantitative estimate of drug-likeness (QED) is 0.629. The van der Waals surface area contributed by atoms with E-state index in [1.54, 1.807) is 22.8 Å². The number of furan rings is 1. The summed E-state index contributed by atoms with van der Waals surface area (Å²) in [6.07, 6.45) is 2.48. The van der Waals surface area contributed by atoms with E-state index in [2.05, 4.69) is 10.1 Å². The van der Waals surface area contributed by atoms with E-state index in [1.807, 2.05) is 19.1 Å². The third kappa shape index (κ3) is 1.61. The number of hydrogen-bond donors (Lipinski definition) is 0. The molecule has 0 aliphatic heterocycles. The van der Waals surface area contributed by atoms with Crippen molar-refractivity contribution in [3.8, 4) is 11.6 Å². The average Bonchev–Trinajstić information content (AvgIpc) is 2.93. The summed E-state index contributed by atoms with van der Waals surface area (Å²) < 4.78 is 7.06. The van der Waals surface area contributed by atoms with Crippen LogP contribution in [0.5, 0.6) is 0 Å². The zero-order valence-corrected chi connectivity index (χ0v) is 9.12. The zero-order chi connectivity index (χ0) is 11.8. The van der Waals surface area contributed by atoms with Gasteiger partial charge < -0.3 is 4.42 Å². The van der Waals surface area contributed by atoms with E-state index in [4.69, 9.17) is 4.42 Å². The summed E-state index contributed by atoms with van der Waals surface area (Å²) in [6, 6.07) is 7.05. The number of rotatable bonds is 2. The molecule has 0 bridgehead atoms. The van der Waals surface area contributed by atoms with Crippen molar-refractivity contribution < 1.29 is 9.21 Å². The highest BCUT2D eigenvalue weighted by atomic mass is 16.3. The Morgan fingerprint density at radius 3 is 2.94 bits per heavy atom. The van der Waals surface area contributed by atoms with Gasteiger partial charge in [-0.3, -0.25) is 4.79 Å². The molecule has 5 nitrogen and oxygen atoms in total. The number of aldehydes is 1. The van der Waals surface area contributed by atoms with E-state index in [0.29, 0.717) is 22.8 Å². The van der Waals surface area contributed by atoms with Crippen LogP contribution in [0.1, 0.15) is 16.1 Å². The summed E-state index contributed by atoms with van der Waals surface area (Å²) in [5, 5.41) is 4.27. The molecule has 0 spiro atoms. The van der Waals surface area contributed by atoms with Crippen LogP contribution in [0.15, 0.2) is 34.9 Å². The third-order valence-electron chi connectivity index (χ3n) is 2.46. The highest BCUT2D eigenvalue weighted by Crippen LogP contribution is 2.19. The molecule has 0 N–H and O–H groups in total. The topological polar surface area (TPSA) is 60.4 Å². The molecule has 3 heterocycles. The molecule has 0 amide bonds. The van der Waals surface area contributed by atoms with Crippen molar-refractivity contribution in [1.82, 2.24) is 14.6 Å². The monoisotopic (exact) mass is 227 g/mol. The maximum Gasteiger partial charge on any atom is 0.217 e. The smallest absolute Gasteiger partial charge is 0.217 e. The van der Waals surface area contributed by atoms with Crippen LogP contribution in [-0.4, -0.2) is 20.9 Å². The number of aromatic nitrogens is 3. The van der Waals surface area contributed by atoms with Gasteiger partial charge in [0, 0.05) is 11.8 Å². The van der Waals surface area contributed by atoms with Crippen LogP contribution >= 0.6 is 0 Å². The molecular weight excluding hydrogens is 218 g/mol. The van der Waals surface area contributed by atoms with Crippen LogP contribution in [0.25, 0.3) is 17.2 Å². The van der Waals surface area contributed by atoms with Crippen molar-refractivity contribution in [2.75, 3.05) is 0 Å². The lowest BCUT2D eigenvalue weighted by atomic mass is 10.3. The van der Waals surface area contributed by atoms with Gasteiger partial charge in [-0.2, -0.15) is 0 Å². The highest BCUT2D eigenvalue weighted by molar-refractivity contribution is 5.76. The number of pyridine rings is 1.